The van der Waals surface area contributed by atoms with Crippen LogP contribution in [0.2, 0.25) is 0 Å². The van der Waals surface area contributed by atoms with Gasteiger partial charge in [0.25, 0.3) is 0 Å². The predicted molar refractivity (Wildman–Crippen MR) is 101 cm³/mol. The third-order valence-electron chi connectivity index (χ3n) is 5.01. The first kappa shape index (κ1) is 15.8. The number of aliphatic imine (C=N–C) groups is 1. The van der Waals surface area contributed by atoms with Crippen LogP contribution in [-0.2, 0) is 10.3 Å². The highest BCUT2D eigenvalue weighted by molar-refractivity contribution is 7.99. The number of benzene rings is 2. The third-order valence-corrected chi connectivity index (χ3v) is 6.23. The molecule has 0 spiro atoms. The summed E-state index contributed by atoms with van der Waals surface area (Å²) in [5.74, 6) is 2.43. The fourth-order valence-electron chi connectivity index (χ4n) is 3.62. The Balaban J connectivity index is 1.55. The Hall–Kier alpha value is -1.74. The van der Waals surface area contributed by atoms with Crippen LogP contribution in [-0.4, -0.2) is 18.2 Å². The second-order valence-electron chi connectivity index (χ2n) is 6.70. The van der Waals surface area contributed by atoms with E-state index in [1.807, 2.05) is 11.8 Å². The fraction of sp³-hybridized carbons (Fsp3) is 0.381. The molecule has 1 aliphatic carbocycles. The van der Waals surface area contributed by atoms with Crippen molar-refractivity contribution in [1.29, 1.82) is 0 Å². The summed E-state index contributed by atoms with van der Waals surface area (Å²) in [5, 5.41) is 0. The van der Waals surface area contributed by atoms with Crippen LogP contribution in [0.15, 0.2) is 70.6 Å². The number of thioether (sulfide) groups is 1. The van der Waals surface area contributed by atoms with E-state index in [9.17, 15) is 0 Å². The Bertz CT molecular complexity index is 694. The lowest BCUT2D eigenvalue weighted by atomic mass is 9.96. The summed E-state index contributed by atoms with van der Waals surface area (Å²) in [7, 11) is 0. The summed E-state index contributed by atoms with van der Waals surface area (Å²) in [4.78, 5) is 6.12. The van der Waals surface area contributed by atoms with Gasteiger partial charge in [-0.15, -0.1) is 11.8 Å². The first-order chi connectivity index (χ1) is 11.9. The van der Waals surface area contributed by atoms with Crippen molar-refractivity contribution in [2.45, 2.75) is 36.2 Å². The Kier molecular flexibility index (Phi) is 4.61. The lowest BCUT2D eigenvalue weighted by molar-refractivity contribution is 0.104. The molecule has 2 aromatic rings. The minimum Gasteiger partial charge on any atom is -0.467 e. The molecule has 0 aromatic heterocycles. The van der Waals surface area contributed by atoms with Crippen LogP contribution in [0.5, 0.6) is 0 Å². The Morgan fingerprint density at radius 1 is 0.958 bits per heavy atom. The third kappa shape index (κ3) is 3.23. The van der Waals surface area contributed by atoms with Crippen LogP contribution < -0.4 is 0 Å². The van der Waals surface area contributed by atoms with Gasteiger partial charge in [-0.3, -0.25) is 4.99 Å². The fourth-order valence-corrected chi connectivity index (χ4v) is 4.69. The second-order valence-corrected chi connectivity index (χ2v) is 7.75. The van der Waals surface area contributed by atoms with Gasteiger partial charge in [0.2, 0.25) is 0 Å². The SMILES string of the molecule is c1ccc(SCC2(c3ccccc3)CN=C(C3CCCC3)O2)cc1. The lowest BCUT2D eigenvalue weighted by Crippen LogP contribution is -2.34. The van der Waals surface area contributed by atoms with Gasteiger partial charge < -0.3 is 4.74 Å². The van der Waals surface area contributed by atoms with E-state index in [1.54, 1.807) is 0 Å². The van der Waals surface area contributed by atoms with Gasteiger partial charge in [0, 0.05) is 16.6 Å². The normalized spacial score (nSPS) is 23.9. The Labute approximate surface area is 148 Å². The number of ether oxygens (including phenoxy) is 1. The zero-order valence-corrected chi connectivity index (χ0v) is 14.7. The molecule has 2 nitrogen and oxygen atoms in total. The summed E-state index contributed by atoms with van der Waals surface area (Å²) >= 11 is 1.86. The molecule has 24 heavy (non-hydrogen) atoms. The predicted octanol–water partition coefficient (Wildman–Crippen LogP) is 5.29. The van der Waals surface area contributed by atoms with Crippen molar-refractivity contribution in [2.24, 2.45) is 10.9 Å². The average molecular weight is 337 g/mol. The molecule has 1 atom stereocenters. The molecule has 0 radical (unpaired) electrons. The van der Waals surface area contributed by atoms with Gasteiger partial charge in [-0.05, 0) is 30.5 Å². The Morgan fingerprint density at radius 3 is 2.33 bits per heavy atom. The van der Waals surface area contributed by atoms with Crippen molar-refractivity contribution in [3.63, 3.8) is 0 Å². The van der Waals surface area contributed by atoms with Crippen LogP contribution >= 0.6 is 11.8 Å². The largest absolute Gasteiger partial charge is 0.467 e. The molecule has 0 amide bonds. The minimum absolute atomic E-state index is 0.320. The maximum Gasteiger partial charge on any atom is 0.187 e. The molecule has 0 saturated heterocycles. The molecule has 1 saturated carbocycles. The quantitative estimate of drug-likeness (QED) is 0.691. The summed E-state index contributed by atoms with van der Waals surface area (Å²) in [6, 6.07) is 21.2. The Morgan fingerprint density at radius 2 is 1.62 bits per heavy atom. The number of nitrogens with zero attached hydrogens (tertiary/aromatic N) is 1. The van der Waals surface area contributed by atoms with E-state index in [4.69, 9.17) is 9.73 Å². The van der Waals surface area contributed by atoms with Crippen molar-refractivity contribution >= 4 is 17.7 Å². The monoisotopic (exact) mass is 337 g/mol. The molecular formula is C21H23NOS. The summed E-state index contributed by atoms with van der Waals surface area (Å²) < 4.78 is 6.57. The van der Waals surface area contributed by atoms with Gasteiger partial charge in [0.05, 0.1) is 6.54 Å². The molecule has 1 heterocycles. The molecule has 2 aliphatic rings. The summed E-state index contributed by atoms with van der Waals surface area (Å²) in [6.45, 7) is 0.739. The van der Waals surface area contributed by atoms with Gasteiger partial charge in [-0.2, -0.15) is 0 Å². The molecule has 4 rings (SSSR count). The van der Waals surface area contributed by atoms with E-state index in [0.29, 0.717) is 5.92 Å². The van der Waals surface area contributed by atoms with Gasteiger partial charge in [0.15, 0.2) is 11.5 Å². The van der Waals surface area contributed by atoms with Crippen molar-refractivity contribution in [2.75, 3.05) is 12.3 Å². The van der Waals surface area contributed by atoms with Crippen LogP contribution in [0.3, 0.4) is 0 Å². The van der Waals surface area contributed by atoms with Crippen molar-refractivity contribution in [3.8, 4) is 0 Å². The number of hydrogen-bond acceptors (Lipinski definition) is 3. The van der Waals surface area contributed by atoms with E-state index in [-0.39, 0.29) is 5.60 Å². The van der Waals surface area contributed by atoms with Crippen LogP contribution in [0.25, 0.3) is 0 Å². The van der Waals surface area contributed by atoms with Crippen molar-refractivity contribution < 1.29 is 4.74 Å². The van der Waals surface area contributed by atoms with E-state index in [1.165, 1.54) is 36.1 Å². The second kappa shape index (κ2) is 7.02. The van der Waals surface area contributed by atoms with E-state index in [0.717, 1.165) is 18.2 Å². The highest BCUT2D eigenvalue weighted by Gasteiger charge is 2.42. The standard InChI is InChI=1S/C21H23NOS/c1-3-11-18(12-4-1)21(16-24-19-13-5-2-6-14-19)15-22-20(23-21)17-9-7-8-10-17/h1-6,11-14,17H,7-10,15-16H2. The molecule has 3 heteroatoms. The van der Waals surface area contributed by atoms with Crippen molar-refractivity contribution in [3.05, 3.63) is 66.2 Å². The van der Waals surface area contributed by atoms with Crippen LogP contribution in [0.1, 0.15) is 31.2 Å². The molecule has 1 fully saturated rings. The minimum atomic E-state index is -0.320. The zero-order valence-electron chi connectivity index (χ0n) is 13.9. The van der Waals surface area contributed by atoms with E-state index in [2.05, 4.69) is 60.7 Å². The van der Waals surface area contributed by atoms with Gasteiger partial charge >= 0.3 is 0 Å². The summed E-state index contributed by atoms with van der Waals surface area (Å²) in [5.41, 5.74) is 0.921. The number of hydrogen-bond donors (Lipinski definition) is 0. The number of rotatable bonds is 5. The smallest absolute Gasteiger partial charge is 0.187 e. The molecule has 0 N–H and O–H groups in total. The average Bonchev–Trinajstić information content (AvgIpc) is 3.32. The highest BCUT2D eigenvalue weighted by atomic mass is 32.2. The highest BCUT2D eigenvalue weighted by Crippen LogP contribution is 2.40. The van der Waals surface area contributed by atoms with Gasteiger partial charge in [-0.1, -0.05) is 61.4 Å². The maximum absolute atomic E-state index is 6.57. The van der Waals surface area contributed by atoms with E-state index >= 15 is 0 Å². The maximum atomic E-state index is 6.57. The zero-order chi connectivity index (χ0) is 16.2. The van der Waals surface area contributed by atoms with Gasteiger partial charge in [0.1, 0.15) is 0 Å². The molecule has 1 aliphatic heterocycles. The van der Waals surface area contributed by atoms with Gasteiger partial charge in [-0.25, -0.2) is 0 Å². The molecule has 0 bridgehead atoms. The molecule has 2 aromatic carbocycles. The van der Waals surface area contributed by atoms with Crippen LogP contribution in [0, 0.1) is 5.92 Å². The lowest BCUT2D eigenvalue weighted by Gasteiger charge is -2.29. The molecule has 1 unspecified atom stereocenters. The topological polar surface area (TPSA) is 21.6 Å². The van der Waals surface area contributed by atoms with Crippen molar-refractivity contribution in [1.82, 2.24) is 0 Å². The molecule has 124 valence electrons. The first-order valence-corrected chi connectivity index (χ1v) is 9.81. The molecular weight excluding hydrogens is 314 g/mol. The summed E-state index contributed by atoms with van der Waals surface area (Å²) in [6.07, 6.45) is 5.08. The van der Waals surface area contributed by atoms with Crippen LogP contribution in [0.4, 0.5) is 0 Å². The van der Waals surface area contributed by atoms with E-state index < -0.39 is 0 Å². The first-order valence-electron chi connectivity index (χ1n) is 8.82.